The van der Waals surface area contributed by atoms with Crippen LogP contribution >= 0.6 is 0 Å². The molecular formula is C56H43N. The van der Waals surface area contributed by atoms with E-state index in [0.717, 1.165) is 11.4 Å². The van der Waals surface area contributed by atoms with Crippen LogP contribution in [-0.4, -0.2) is 0 Å². The molecule has 10 rings (SSSR count). The Bertz CT molecular complexity index is 2670. The summed E-state index contributed by atoms with van der Waals surface area (Å²) in [5, 5.41) is 0. The first kappa shape index (κ1) is 34.5. The van der Waals surface area contributed by atoms with Gasteiger partial charge in [-0.2, -0.15) is 0 Å². The highest BCUT2D eigenvalue weighted by molar-refractivity contribution is 5.90. The molecule has 1 heteroatoms. The maximum Gasteiger partial charge on any atom is 0.0714 e. The van der Waals surface area contributed by atoms with E-state index in [1.165, 1.54) is 66.9 Å². The zero-order valence-corrected chi connectivity index (χ0v) is 32.0. The lowest BCUT2D eigenvalue weighted by molar-refractivity contribution is 0.628. The fraction of sp³-hybridized carbons (Fsp3) is 0.0714. The van der Waals surface area contributed by atoms with Crippen LogP contribution in [0.4, 0.5) is 11.4 Å². The Morgan fingerprint density at radius 3 is 1.46 bits per heavy atom. The molecule has 2 aliphatic carbocycles. The number of allylic oxidation sites excluding steroid dienone is 3. The minimum Gasteiger partial charge on any atom is -0.311 e. The fourth-order valence-electron chi connectivity index (χ4n) is 9.35. The molecule has 2 atom stereocenters. The van der Waals surface area contributed by atoms with Gasteiger partial charge in [0.05, 0.1) is 5.41 Å². The number of hydrogen-bond donors (Lipinski definition) is 0. The minimum absolute atomic E-state index is 0.307. The molecule has 2 aliphatic rings. The van der Waals surface area contributed by atoms with Crippen LogP contribution in [0, 0.1) is 5.92 Å². The Hall–Kier alpha value is -6.96. The monoisotopic (exact) mass is 729 g/mol. The van der Waals surface area contributed by atoms with Crippen molar-refractivity contribution in [2.45, 2.75) is 18.3 Å². The van der Waals surface area contributed by atoms with Crippen LogP contribution in [0.2, 0.25) is 0 Å². The number of fused-ring (bicyclic) bond motifs is 3. The summed E-state index contributed by atoms with van der Waals surface area (Å²) in [6.45, 7) is 2.34. The maximum absolute atomic E-state index is 2.48. The highest BCUT2D eigenvalue weighted by atomic mass is 15.1. The summed E-state index contributed by atoms with van der Waals surface area (Å²) < 4.78 is 0. The molecule has 0 spiro atoms. The Labute approximate surface area is 336 Å². The van der Waals surface area contributed by atoms with Crippen LogP contribution in [0.1, 0.15) is 40.7 Å². The van der Waals surface area contributed by atoms with Gasteiger partial charge in [0.2, 0.25) is 0 Å². The van der Waals surface area contributed by atoms with Crippen LogP contribution in [0.15, 0.2) is 236 Å². The van der Waals surface area contributed by atoms with Crippen molar-refractivity contribution >= 4 is 11.4 Å². The molecule has 57 heavy (non-hydrogen) atoms. The van der Waals surface area contributed by atoms with Gasteiger partial charge in [-0.1, -0.05) is 201 Å². The quantitative estimate of drug-likeness (QED) is 0.151. The topological polar surface area (TPSA) is 3.24 Å². The number of benzene rings is 8. The van der Waals surface area contributed by atoms with Crippen molar-refractivity contribution in [2.24, 2.45) is 5.92 Å². The van der Waals surface area contributed by atoms with E-state index >= 15 is 0 Å². The Morgan fingerprint density at radius 1 is 0.421 bits per heavy atom. The van der Waals surface area contributed by atoms with Crippen LogP contribution in [0.25, 0.3) is 33.4 Å². The Kier molecular flexibility index (Phi) is 8.84. The molecule has 272 valence electrons. The van der Waals surface area contributed by atoms with Crippen LogP contribution in [-0.2, 0) is 5.41 Å². The van der Waals surface area contributed by atoms with Gasteiger partial charge in [-0.25, -0.2) is 0 Å². The first-order valence-corrected chi connectivity index (χ1v) is 20.0. The van der Waals surface area contributed by atoms with Gasteiger partial charge in [-0.3, -0.25) is 0 Å². The lowest BCUT2D eigenvalue weighted by Crippen LogP contribution is -2.29. The standard InChI is InChI=1S/C56H43N/c1-40-37-49(32-35-51(40)44-21-11-4-12-22-44)57(48-30-27-43(28-31-48)41-17-7-2-8-18-41)50-33-36-53-52-34-29-45(42-19-9-3-10-20-42)38-54(52)56(55(53)39-50,46-23-13-5-14-24-46)47-25-15-6-16-26-47/h2-40,51H,1H3. The smallest absolute Gasteiger partial charge is 0.0714 e. The van der Waals surface area contributed by atoms with Crippen molar-refractivity contribution in [3.63, 3.8) is 0 Å². The Balaban J connectivity index is 1.18. The molecule has 0 N–H and O–H groups in total. The van der Waals surface area contributed by atoms with Gasteiger partial charge in [0.1, 0.15) is 0 Å². The van der Waals surface area contributed by atoms with Gasteiger partial charge in [0.25, 0.3) is 0 Å². The maximum atomic E-state index is 2.48. The first-order valence-electron chi connectivity index (χ1n) is 20.0. The summed E-state index contributed by atoms with van der Waals surface area (Å²) in [6.07, 6.45) is 7.18. The lowest BCUT2D eigenvalue weighted by Gasteiger charge is -2.36. The third-order valence-corrected chi connectivity index (χ3v) is 12.0. The summed E-state index contributed by atoms with van der Waals surface area (Å²) in [5.74, 6) is 0.621. The molecule has 0 saturated carbocycles. The second-order valence-corrected chi connectivity index (χ2v) is 15.3. The van der Waals surface area contributed by atoms with Crippen molar-refractivity contribution in [1.29, 1.82) is 0 Å². The summed E-state index contributed by atoms with van der Waals surface area (Å²) in [5.41, 5.74) is 16.8. The van der Waals surface area contributed by atoms with Crippen molar-refractivity contribution in [2.75, 3.05) is 4.90 Å². The van der Waals surface area contributed by atoms with Crippen molar-refractivity contribution in [3.05, 3.63) is 264 Å². The van der Waals surface area contributed by atoms with Gasteiger partial charge < -0.3 is 4.90 Å². The van der Waals surface area contributed by atoms with Gasteiger partial charge in [0.15, 0.2) is 0 Å². The second kappa shape index (κ2) is 14.6. The molecule has 2 unspecified atom stereocenters. The molecule has 0 aliphatic heterocycles. The zero-order valence-electron chi connectivity index (χ0n) is 32.0. The molecule has 0 saturated heterocycles. The van der Waals surface area contributed by atoms with Crippen molar-refractivity contribution in [3.8, 4) is 33.4 Å². The van der Waals surface area contributed by atoms with Crippen molar-refractivity contribution < 1.29 is 0 Å². The van der Waals surface area contributed by atoms with E-state index in [1.807, 2.05) is 0 Å². The third-order valence-electron chi connectivity index (χ3n) is 12.0. The van der Waals surface area contributed by atoms with Crippen LogP contribution in [0.3, 0.4) is 0 Å². The van der Waals surface area contributed by atoms with E-state index in [2.05, 4.69) is 242 Å². The van der Waals surface area contributed by atoms with Gasteiger partial charge >= 0.3 is 0 Å². The van der Waals surface area contributed by atoms with Crippen LogP contribution < -0.4 is 4.90 Å². The van der Waals surface area contributed by atoms with Crippen molar-refractivity contribution in [1.82, 2.24) is 0 Å². The van der Waals surface area contributed by atoms with E-state index in [4.69, 9.17) is 0 Å². The first-order chi connectivity index (χ1) is 28.2. The summed E-state index contributed by atoms with van der Waals surface area (Å²) in [4.78, 5) is 2.46. The second-order valence-electron chi connectivity index (χ2n) is 15.3. The molecule has 0 amide bonds. The molecular weight excluding hydrogens is 687 g/mol. The average Bonchev–Trinajstić information content (AvgIpc) is 3.58. The lowest BCUT2D eigenvalue weighted by atomic mass is 9.67. The molecule has 8 aromatic rings. The van der Waals surface area contributed by atoms with Gasteiger partial charge in [0, 0.05) is 23.0 Å². The summed E-state index contributed by atoms with van der Waals surface area (Å²) in [6, 6.07) is 77.9. The Morgan fingerprint density at radius 2 is 0.877 bits per heavy atom. The third kappa shape index (κ3) is 6.04. The van der Waals surface area contributed by atoms with E-state index < -0.39 is 5.41 Å². The van der Waals surface area contributed by atoms with E-state index in [0.29, 0.717) is 11.8 Å². The average molecular weight is 730 g/mol. The molecule has 0 aromatic heterocycles. The number of anilines is 2. The summed E-state index contributed by atoms with van der Waals surface area (Å²) >= 11 is 0. The number of hydrogen-bond acceptors (Lipinski definition) is 1. The molecule has 1 nitrogen and oxygen atoms in total. The van der Waals surface area contributed by atoms with Gasteiger partial charge in [-0.15, -0.1) is 0 Å². The summed E-state index contributed by atoms with van der Waals surface area (Å²) in [7, 11) is 0. The normalized spacial score (nSPS) is 16.3. The largest absolute Gasteiger partial charge is 0.311 e. The van der Waals surface area contributed by atoms with E-state index in [-0.39, 0.29) is 0 Å². The molecule has 0 bridgehead atoms. The fourth-order valence-corrected chi connectivity index (χ4v) is 9.35. The predicted molar refractivity (Wildman–Crippen MR) is 239 cm³/mol. The van der Waals surface area contributed by atoms with E-state index in [9.17, 15) is 0 Å². The minimum atomic E-state index is -0.542. The SMILES string of the molecule is CC1C=C(N(c2ccc(-c3ccccc3)cc2)c2ccc3c(c2)C(c2ccccc2)(c2ccccc2)c2cc(-c4ccccc4)ccc2-3)C=CC1c1ccccc1. The highest BCUT2D eigenvalue weighted by Crippen LogP contribution is 2.58. The predicted octanol–water partition coefficient (Wildman–Crippen LogP) is 14.4. The van der Waals surface area contributed by atoms with E-state index in [1.54, 1.807) is 0 Å². The van der Waals surface area contributed by atoms with Crippen LogP contribution in [0.5, 0.6) is 0 Å². The molecule has 0 fully saturated rings. The molecule has 8 aromatic carbocycles. The molecule has 0 radical (unpaired) electrons. The zero-order chi connectivity index (χ0) is 38.2. The van der Waals surface area contributed by atoms with Gasteiger partial charge in [-0.05, 0) is 104 Å². The number of nitrogens with zero attached hydrogens (tertiary/aromatic N) is 1. The number of rotatable bonds is 8. The molecule has 0 heterocycles. The highest BCUT2D eigenvalue weighted by Gasteiger charge is 2.46.